The van der Waals surface area contributed by atoms with Crippen molar-refractivity contribution in [1.29, 1.82) is 0 Å². The number of hydrogen-bond donors (Lipinski definition) is 2. The third-order valence-corrected chi connectivity index (χ3v) is 2.20. The van der Waals surface area contributed by atoms with Gasteiger partial charge in [-0.2, -0.15) is 15.0 Å². The molecule has 0 fully saturated rings. The summed E-state index contributed by atoms with van der Waals surface area (Å²) < 4.78 is 4.64. The maximum absolute atomic E-state index is 11.4. The highest BCUT2D eigenvalue weighted by molar-refractivity contribution is 6.28. The van der Waals surface area contributed by atoms with E-state index in [1.54, 1.807) is 7.05 Å². The molecule has 0 aliphatic carbocycles. The van der Waals surface area contributed by atoms with E-state index in [1.165, 1.54) is 7.11 Å². The maximum atomic E-state index is 11.4. The van der Waals surface area contributed by atoms with E-state index in [9.17, 15) is 4.79 Å². The number of ether oxygens (including phenoxy) is 1. The second kappa shape index (κ2) is 6.19. The lowest BCUT2D eigenvalue weighted by atomic mass is 10.2. The van der Waals surface area contributed by atoms with Gasteiger partial charge in [-0.25, -0.2) is 4.79 Å². The van der Waals surface area contributed by atoms with Gasteiger partial charge >= 0.3 is 5.97 Å². The van der Waals surface area contributed by atoms with Gasteiger partial charge in [-0.15, -0.1) is 0 Å². The molecule has 0 radical (unpaired) electrons. The zero-order valence-electron chi connectivity index (χ0n) is 9.82. The summed E-state index contributed by atoms with van der Waals surface area (Å²) in [6, 6.07) is -0.511. The van der Waals surface area contributed by atoms with E-state index in [1.807, 2.05) is 6.92 Å². The van der Waals surface area contributed by atoms with Crippen molar-refractivity contribution in [2.75, 3.05) is 24.8 Å². The van der Waals surface area contributed by atoms with Crippen molar-refractivity contribution in [3.8, 4) is 0 Å². The fourth-order valence-electron chi connectivity index (χ4n) is 1.15. The molecule has 0 saturated carbocycles. The minimum atomic E-state index is -0.511. The van der Waals surface area contributed by atoms with Crippen molar-refractivity contribution in [3.05, 3.63) is 5.28 Å². The van der Waals surface area contributed by atoms with Gasteiger partial charge in [-0.05, 0) is 18.0 Å². The molecule has 8 heteroatoms. The van der Waals surface area contributed by atoms with Crippen LogP contribution in [0.5, 0.6) is 0 Å². The number of esters is 1. The number of carbonyl (C=O) groups excluding carboxylic acids is 1. The van der Waals surface area contributed by atoms with Crippen LogP contribution < -0.4 is 10.6 Å². The second-order valence-electron chi connectivity index (χ2n) is 3.13. The molecule has 1 aromatic rings. The summed E-state index contributed by atoms with van der Waals surface area (Å²) in [6.07, 6.45) is 0.546. The molecule has 0 bridgehead atoms. The fourth-order valence-corrected chi connectivity index (χ4v) is 1.31. The van der Waals surface area contributed by atoms with Crippen molar-refractivity contribution >= 4 is 29.5 Å². The van der Waals surface area contributed by atoms with Crippen molar-refractivity contribution in [2.45, 2.75) is 19.4 Å². The Hall–Kier alpha value is -1.63. The Bertz CT molecular complexity index is 401. The molecular formula is C9H14ClN5O2. The van der Waals surface area contributed by atoms with Crippen LogP contribution in [0, 0.1) is 0 Å². The van der Waals surface area contributed by atoms with Crippen molar-refractivity contribution in [2.24, 2.45) is 0 Å². The Kier molecular flexibility index (Phi) is 4.89. The standard InChI is InChI=1S/C9H14ClN5O2/c1-4-5(6(16)17-3)12-9-14-7(10)13-8(11-2)15-9/h5H,4H2,1-3H3,(H2,11,12,13,14,15). The van der Waals surface area contributed by atoms with Gasteiger partial charge in [0.05, 0.1) is 7.11 Å². The fraction of sp³-hybridized carbons (Fsp3) is 0.556. The number of nitrogens with one attached hydrogen (secondary N) is 2. The van der Waals surface area contributed by atoms with Gasteiger partial charge < -0.3 is 15.4 Å². The number of aromatic nitrogens is 3. The Morgan fingerprint density at radius 3 is 2.59 bits per heavy atom. The van der Waals surface area contributed by atoms with Crippen LogP contribution >= 0.6 is 11.6 Å². The summed E-state index contributed by atoms with van der Waals surface area (Å²) in [6.45, 7) is 1.84. The van der Waals surface area contributed by atoms with Crippen molar-refractivity contribution < 1.29 is 9.53 Å². The topological polar surface area (TPSA) is 89.0 Å². The number of anilines is 2. The maximum Gasteiger partial charge on any atom is 0.328 e. The van der Waals surface area contributed by atoms with Crippen LogP contribution in [0.3, 0.4) is 0 Å². The molecule has 94 valence electrons. The van der Waals surface area contributed by atoms with Gasteiger partial charge in [0.1, 0.15) is 6.04 Å². The summed E-state index contributed by atoms with van der Waals surface area (Å²) in [4.78, 5) is 23.1. The Labute approximate surface area is 104 Å². The highest BCUT2D eigenvalue weighted by Crippen LogP contribution is 2.11. The van der Waals surface area contributed by atoms with Crippen LogP contribution in [-0.2, 0) is 9.53 Å². The van der Waals surface area contributed by atoms with Crippen molar-refractivity contribution in [1.82, 2.24) is 15.0 Å². The van der Waals surface area contributed by atoms with E-state index in [2.05, 4.69) is 30.3 Å². The van der Waals surface area contributed by atoms with E-state index >= 15 is 0 Å². The van der Waals surface area contributed by atoms with E-state index in [-0.39, 0.29) is 17.2 Å². The Balaban J connectivity index is 2.85. The second-order valence-corrected chi connectivity index (χ2v) is 3.47. The van der Waals surface area contributed by atoms with Gasteiger partial charge in [0, 0.05) is 7.05 Å². The minimum absolute atomic E-state index is 0.0477. The van der Waals surface area contributed by atoms with Crippen LogP contribution in [0.25, 0.3) is 0 Å². The SMILES string of the molecule is CCC(Nc1nc(Cl)nc(NC)n1)C(=O)OC. The number of hydrogen-bond acceptors (Lipinski definition) is 7. The number of methoxy groups -OCH3 is 1. The lowest BCUT2D eigenvalue weighted by Crippen LogP contribution is -2.30. The molecule has 17 heavy (non-hydrogen) atoms. The largest absolute Gasteiger partial charge is 0.467 e. The summed E-state index contributed by atoms with van der Waals surface area (Å²) in [7, 11) is 2.99. The minimum Gasteiger partial charge on any atom is -0.467 e. The third kappa shape index (κ3) is 3.70. The van der Waals surface area contributed by atoms with Crippen LogP contribution in [0.4, 0.5) is 11.9 Å². The monoisotopic (exact) mass is 259 g/mol. The first-order valence-corrected chi connectivity index (χ1v) is 5.42. The molecule has 1 heterocycles. The third-order valence-electron chi connectivity index (χ3n) is 2.03. The molecule has 0 aliphatic heterocycles. The van der Waals surface area contributed by atoms with Crippen LogP contribution in [0.15, 0.2) is 0 Å². The van der Waals surface area contributed by atoms with E-state index in [4.69, 9.17) is 11.6 Å². The first-order chi connectivity index (χ1) is 8.10. The molecule has 1 atom stereocenters. The number of halogens is 1. The summed E-state index contributed by atoms with van der Waals surface area (Å²) in [5, 5.41) is 5.62. The lowest BCUT2D eigenvalue weighted by molar-refractivity contribution is -0.141. The molecule has 0 saturated heterocycles. The van der Waals surface area contributed by atoms with E-state index in [0.717, 1.165) is 0 Å². The number of nitrogens with zero attached hydrogens (tertiary/aromatic N) is 3. The van der Waals surface area contributed by atoms with Gasteiger partial charge in [-0.3, -0.25) is 0 Å². The molecule has 1 aromatic heterocycles. The van der Waals surface area contributed by atoms with Crippen molar-refractivity contribution in [3.63, 3.8) is 0 Å². The van der Waals surface area contributed by atoms with Gasteiger partial charge in [0.2, 0.25) is 17.2 Å². The van der Waals surface area contributed by atoms with Gasteiger partial charge in [0.15, 0.2) is 0 Å². The first kappa shape index (κ1) is 13.4. The average Bonchev–Trinajstić information content (AvgIpc) is 2.34. The smallest absolute Gasteiger partial charge is 0.328 e. The van der Waals surface area contributed by atoms with Crippen LogP contribution in [-0.4, -0.2) is 41.1 Å². The Morgan fingerprint density at radius 2 is 2.06 bits per heavy atom. The molecule has 1 rings (SSSR count). The zero-order chi connectivity index (χ0) is 12.8. The molecule has 1 unspecified atom stereocenters. The van der Waals surface area contributed by atoms with Crippen LogP contribution in [0.1, 0.15) is 13.3 Å². The summed E-state index contributed by atoms with van der Waals surface area (Å²) in [5.41, 5.74) is 0. The molecule has 0 aliphatic rings. The summed E-state index contributed by atoms with van der Waals surface area (Å²) >= 11 is 5.71. The quantitative estimate of drug-likeness (QED) is 0.761. The zero-order valence-corrected chi connectivity index (χ0v) is 10.6. The molecule has 2 N–H and O–H groups in total. The molecule has 0 aromatic carbocycles. The van der Waals surface area contributed by atoms with Gasteiger partial charge in [0.25, 0.3) is 0 Å². The molecular weight excluding hydrogens is 246 g/mol. The Morgan fingerprint density at radius 1 is 1.41 bits per heavy atom. The number of rotatable bonds is 5. The highest BCUT2D eigenvalue weighted by atomic mass is 35.5. The first-order valence-electron chi connectivity index (χ1n) is 5.04. The normalized spacial score (nSPS) is 11.8. The average molecular weight is 260 g/mol. The van der Waals surface area contributed by atoms with Gasteiger partial charge in [-0.1, -0.05) is 6.92 Å². The van der Waals surface area contributed by atoms with Crippen LogP contribution in [0.2, 0.25) is 5.28 Å². The molecule has 0 spiro atoms. The predicted octanol–water partition coefficient (Wildman–Crippen LogP) is 0.930. The predicted molar refractivity (Wildman–Crippen MR) is 64.1 cm³/mol. The summed E-state index contributed by atoms with van der Waals surface area (Å²) in [5.74, 6) is 0.175. The number of carbonyl (C=O) groups is 1. The highest BCUT2D eigenvalue weighted by Gasteiger charge is 2.18. The van der Waals surface area contributed by atoms with E-state index < -0.39 is 6.04 Å². The lowest BCUT2D eigenvalue weighted by Gasteiger charge is -2.14. The molecule has 7 nitrogen and oxygen atoms in total. The molecule has 0 amide bonds. The van der Waals surface area contributed by atoms with E-state index in [0.29, 0.717) is 12.4 Å².